The van der Waals surface area contributed by atoms with Crippen LogP contribution in [-0.4, -0.2) is 42.9 Å². The molecule has 0 saturated carbocycles. The first kappa shape index (κ1) is 13.8. The summed E-state index contributed by atoms with van der Waals surface area (Å²) in [6, 6.07) is 10.9. The fourth-order valence-electron chi connectivity index (χ4n) is 4.41. The number of benzene rings is 1. The second-order valence-electron chi connectivity index (χ2n) is 6.84. The van der Waals surface area contributed by atoms with Crippen LogP contribution in [0.5, 0.6) is 0 Å². The Morgan fingerprint density at radius 2 is 1.75 bits per heavy atom. The number of hydrogen-bond donors (Lipinski definition) is 1. The maximum atomic E-state index is 13.1. The van der Waals surface area contributed by atoms with Crippen LogP contribution >= 0.6 is 0 Å². The Bertz CT molecular complexity index is 837. The molecule has 2 unspecified atom stereocenters. The molecule has 6 nitrogen and oxygen atoms in total. The summed E-state index contributed by atoms with van der Waals surface area (Å²) in [6.45, 7) is 0. The maximum Gasteiger partial charge on any atom is 0.270 e. The fourth-order valence-corrected chi connectivity index (χ4v) is 4.41. The normalized spacial score (nSPS) is 26.2. The van der Waals surface area contributed by atoms with E-state index in [4.69, 9.17) is 0 Å². The second kappa shape index (κ2) is 5.19. The molecule has 0 spiro atoms. The van der Waals surface area contributed by atoms with Gasteiger partial charge in [0.15, 0.2) is 0 Å². The summed E-state index contributed by atoms with van der Waals surface area (Å²) in [4.78, 5) is 20.3. The summed E-state index contributed by atoms with van der Waals surface area (Å²) in [6.07, 6.45) is 7.49. The van der Waals surface area contributed by atoms with Crippen molar-refractivity contribution < 1.29 is 4.79 Å². The molecule has 2 aromatic heterocycles. The van der Waals surface area contributed by atoms with Gasteiger partial charge in [-0.2, -0.15) is 15.0 Å². The number of hydrogen-bond acceptors (Lipinski definition) is 3. The first-order valence-corrected chi connectivity index (χ1v) is 8.56. The van der Waals surface area contributed by atoms with Crippen LogP contribution in [0.4, 0.5) is 0 Å². The average molecular weight is 321 g/mol. The lowest BCUT2D eigenvalue weighted by Crippen LogP contribution is -2.47. The van der Waals surface area contributed by atoms with Crippen LogP contribution in [0.1, 0.15) is 42.2 Å². The molecule has 0 radical (unpaired) electrons. The van der Waals surface area contributed by atoms with Crippen molar-refractivity contribution in [2.45, 2.75) is 43.8 Å². The molecule has 1 amide bonds. The van der Waals surface area contributed by atoms with Gasteiger partial charge in [-0.3, -0.25) is 4.79 Å². The Labute approximate surface area is 139 Å². The summed E-state index contributed by atoms with van der Waals surface area (Å²) in [5.41, 5.74) is 1.72. The minimum Gasteiger partial charge on any atom is -0.351 e. The van der Waals surface area contributed by atoms with E-state index in [2.05, 4.69) is 20.1 Å². The van der Waals surface area contributed by atoms with Crippen LogP contribution in [-0.2, 0) is 0 Å². The summed E-state index contributed by atoms with van der Waals surface area (Å²) < 4.78 is 0. The largest absolute Gasteiger partial charge is 0.351 e. The number of carbonyl (C=O) groups excluding carboxylic acids is 1. The van der Waals surface area contributed by atoms with E-state index in [9.17, 15) is 4.79 Å². The lowest BCUT2D eigenvalue weighted by molar-refractivity contribution is 0.0507. The van der Waals surface area contributed by atoms with Gasteiger partial charge >= 0.3 is 0 Å². The van der Waals surface area contributed by atoms with E-state index >= 15 is 0 Å². The van der Waals surface area contributed by atoms with Crippen LogP contribution in [0.3, 0.4) is 0 Å². The lowest BCUT2D eigenvalue weighted by atomic mass is 9.97. The number of nitrogens with zero attached hydrogens (tertiary/aromatic N) is 4. The number of nitrogens with one attached hydrogen (secondary N) is 1. The molecule has 24 heavy (non-hydrogen) atoms. The highest BCUT2D eigenvalue weighted by Crippen LogP contribution is 2.41. The van der Waals surface area contributed by atoms with Gasteiger partial charge in [0.2, 0.25) is 0 Å². The van der Waals surface area contributed by atoms with Crippen LogP contribution in [0.25, 0.3) is 10.9 Å². The van der Waals surface area contributed by atoms with Gasteiger partial charge in [-0.1, -0.05) is 18.2 Å². The molecule has 6 heteroatoms. The molecule has 4 heterocycles. The van der Waals surface area contributed by atoms with Crippen molar-refractivity contribution in [1.82, 2.24) is 24.9 Å². The van der Waals surface area contributed by atoms with Crippen LogP contribution in [0.2, 0.25) is 0 Å². The quantitative estimate of drug-likeness (QED) is 0.789. The zero-order valence-corrected chi connectivity index (χ0v) is 13.3. The topological polar surface area (TPSA) is 66.8 Å². The third-order valence-electron chi connectivity index (χ3n) is 5.47. The standard InChI is InChI=1S/C18H19N5O/c24-18(17-9-12-3-1-2-4-16(12)21-17)22-13-5-6-14(22)11-15(10-13)23-19-7-8-20-23/h1-4,7-9,13-15,21H,5-6,10-11H2. The number of fused-ring (bicyclic) bond motifs is 3. The minimum absolute atomic E-state index is 0.130. The molecule has 3 aromatic rings. The highest BCUT2D eigenvalue weighted by molar-refractivity contribution is 5.98. The number of aromatic nitrogens is 4. The van der Waals surface area contributed by atoms with E-state index in [-0.39, 0.29) is 5.91 Å². The van der Waals surface area contributed by atoms with E-state index in [0.29, 0.717) is 23.8 Å². The Kier molecular flexibility index (Phi) is 2.98. The Morgan fingerprint density at radius 3 is 2.46 bits per heavy atom. The Hall–Kier alpha value is -2.63. The van der Waals surface area contributed by atoms with Crippen molar-refractivity contribution in [3.05, 3.63) is 48.4 Å². The van der Waals surface area contributed by atoms with Gasteiger partial charge in [-0.05, 0) is 37.8 Å². The predicted octanol–water partition coefficient (Wildman–Crippen LogP) is 2.77. The predicted molar refractivity (Wildman–Crippen MR) is 89.6 cm³/mol. The van der Waals surface area contributed by atoms with Gasteiger partial charge in [0.05, 0.1) is 18.4 Å². The number of aromatic amines is 1. The van der Waals surface area contributed by atoms with Crippen LogP contribution < -0.4 is 0 Å². The number of piperidine rings is 1. The molecule has 2 saturated heterocycles. The molecular weight excluding hydrogens is 302 g/mol. The zero-order valence-electron chi connectivity index (χ0n) is 13.3. The number of rotatable bonds is 2. The zero-order chi connectivity index (χ0) is 16.1. The number of H-pyrrole nitrogens is 1. The van der Waals surface area contributed by atoms with Crippen molar-refractivity contribution in [1.29, 1.82) is 0 Å². The lowest BCUT2D eigenvalue weighted by Gasteiger charge is -2.38. The number of para-hydroxylation sites is 1. The maximum absolute atomic E-state index is 13.1. The van der Waals surface area contributed by atoms with Gasteiger partial charge in [0, 0.05) is 23.0 Å². The first-order valence-electron chi connectivity index (χ1n) is 8.56. The molecule has 2 atom stereocenters. The fraction of sp³-hybridized carbons (Fsp3) is 0.389. The van der Waals surface area contributed by atoms with Gasteiger partial charge in [0.25, 0.3) is 5.91 Å². The summed E-state index contributed by atoms with van der Waals surface area (Å²) in [5, 5.41) is 9.67. The van der Waals surface area contributed by atoms with Gasteiger partial charge < -0.3 is 9.88 Å². The second-order valence-corrected chi connectivity index (χ2v) is 6.84. The SMILES string of the molecule is O=C(c1cc2ccccc2[nH]1)N1C2CCC1CC(n1nccn1)C2. The van der Waals surface area contributed by atoms with E-state index < -0.39 is 0 Å². The molecule has 122 valence electrons. The van der Waals surface area contributed by atoms with Crippen molar-refractivity contribution in [2.75, 3.05) is 0 Å². The molecular formula is C18H19N5O. The van der Waals surface area contributed by atoms with E-state index in [0.717, 1.165) is 36.6 Å². The van der Waals surface area contributed by atoms with Crippen molar-refractivity contribution in [2.24, 2.45) is 0 Å². The minimum atomic E-state index is 0.130. The summed E-state index contributed by atoms with van der Waals surface area (Å²) in [7, 11) is 0. The van der Waals surface area contributed by atoms with Gasteiger partial charge in [-0.15, -0.1) is 0 Å². The van der Waals surface area contributed by atoms with Crippen LogP contribution in [0, 0.1) is 0 Å². The molecule has 2 fully saturated rings. The van der Waals surface area contributed by atoms with Crippen LogP contribution in [0.15, 0.2) is 42.7 Å². The molecule has 5 rings (SSSR count). The molecule has 0 aliphatic carbocycles. The van der Waals surface area contributed by atoms with E-state index in [1.165, 1.54) is 0 Å². The Morgan fingerprint density at radius 1 is 1.04 bits per heavy atom. The molecule has 2 aliphatic rings. The van der Waals surface area contributed by atoms with Crippen molar-refractivity contribution >= 4 is 16.8 Å². The number of carbonyl (C=O) groups is 1. The first-order chi connectivity index (χ1) is 11.8. The Balaban J connectivity index is 1.42. The highest BCUT2D eigenvalue weighted by atomic mass is 16.2. The molecule has 1 aromatic carbocycles. The van der Waals surface area contributed by atoms with E-state index in [1.807, 2.05) is 35.1 Å². The van der Waals surface area contributed by atoms with Gasteiger partial charge in [0.1, 0.15) is 5.69 Å². The molecule has 1 N–H and O–H groups in total. The third-order valence-corrected chi connectivity index (χ3v) is 5.47. The summed E-state index contributed by atoms with van der Waals surface area (Å²) >= 11 is 0. The third kappa shape index (κ3) is 2.06. The van der Waals surface area contributed by atoms with Crippen molar-refractivity contribution in [3.63, 3.8) is 0 Å². The van der Waals surface area contributed by atoms with Gasteiger partial charge in [-0.25, -0.2) is 0 Å². The average Bonchev–Trinajstić information content (AvgIpc) is 3.32. The summed E-state index contributed by atoms with van der Waals surface area (Å²) in [5.74, 6) is 0.130. The highest BCUT2D eigenvalue weighted by Gasteiger charge is 2.44. The van der Waals surface area contributed by atoms with E-state index in [1.54, 1.807) is 12.4 Å². The molecule has 2 aliphatic heterocycles. The van der Waals surface area contributed by atoms with Crippen molar-refractivity contribution in [3.8, 4) is 0 Å². The molecule has 2 bridgehead atoms. The smallest absolute Gasteiger partial charge is 0.270 e. The number of amides is 1. The monoisotopic (exact) mass is 321 g/mol.